The Labute approximate surface area is 186 Å². The van der Waals surface area contributed by atoms with E-state index in [1.165, 1.54) is 42.5 Å². The first-order valence-corrected chi connectivity index (χ1v) is 9.70. The number of halogens is 5. The first kappa shape index (κ1) is 22.8. The molecular formula is C22H16Cl2F3NO3. The SMILES string of the molecule is O=C(Nc1cc(Cl)ccc1OCc1cccc(C(F)(F)CF)c1)c1cc(Cl)ccc1O. The molecule has 0 atom stereocenters. The second-order valence-corrected chi connectivity index (χ2v) is 7.46. The van der Waals surface area contributed by atoms with Crippen molar-refractivity contribution < 1.29 is 27.8 Å². The van der Waals surface area contributed by atoms with E-state index in [4.69, 9.17) is 27.9 Å². The molecule has 0 unspecified atom stereocenters. The summed E-state index contributed by atoms with van der Waals surface area (Å²) in [5.74, 6) is -4.30. The summed E-state index contributed by atoms with van der Waals surface area (Å²) < 4.78 is 45.4. The summed E-state index contributed by atoms with van der Waals surface area (Å²) >= 11 is 11.9. The average Bonchev–Trinajstić information content (AvgIpc) is 2.75. The highest BCUT2D eigenvalue weighted by atomic mass is 35.5. The van der Waals surface area contributed by atoms with E-state index in [1.54, 1.807) is 6.07 Å². The summed E-state index contributed by atoms with van der Waals surface area (Å²) in [5.41, 5.74) is 0.0594. The number of nitrogens with one attached hydrogen (secondary N) is 1. The molecule has 9 heteroatoms. The highest BCUT2D eigenvalue weighted by Crippen LogP contribution is 2.32. The summed E-state index contributed by atoms with van der Waals surface area (Å²) in [5, 5.41) is 13.1. The summed E-state index contributed by atoms with van der Waals surface area (Å²) in [6, 6.07) is 13.7. The number of ether oxygens (including phenoxy) is 1. The zero-order chi connectivity index (χ0) is 22.6. The summed E-state index contributed by atoms with van der Waals surface area (Å²) in [4.78, 5) is 12.6. The van der Waals surface area contributed by atoms with Crippen LogP contribution in [-0.2, 0) is 12.5 Å². The van der Waals surface area contributed by atoms with Crippen LogP contribution in [0.3, 0.4) is 0 Å². The maximum Gasteiger partial charge on any atom is 0.301 e. The van der Waals surface area contributed by atoms with Crippen LogP contribution in [0.15, 0.2) is 60.7 Å². The summed E-state index contributed by atoms with van der Waals surface area (Å²) in [7, 11) is 0. The number of hydrogen-bond acceptors (Lipinski definition) is 3. The summed E-state index contributed by atoms with van der Waals surface area (Å²) in [6.07, 6.45) is 0. The second kappa shape index (κ2) is 9.49. The van der Waals surface area contributed by atoms with Gasteiger partial charge in [-0.05, 0) is 48.0 Å². The zero-order valence-electron chi connectivity index (χ0n) is 15.8. The van der Waals surface area contributed by atoms with Crippen molar-refractivity contribution in [2.45, 2.75) is 12.5 Å². The molecule has 0 heterocycles. The topological polar surface area (TPSA) is 58.6 Å². The molecule has 162 valence electrons. The Hall–Kier alpha value is -2.90. The number of alkyl halides is 3. The van der Waals surface area contributed by atoms with Crippen LogP contribution in [0.1, 0.15) is 21.5 Å². The molecule has 0 bridgehead atoms. The molecule has 3 aromatic rings. The fraction of sp³-hybridized carbons (Fsp3) is 0.136. The van der Waals surface area contributed by atoms with Gasteiger partial charge >= 0.3 is 5.92 Å². The van der Waals surface area contributed by atoms with Gasteiger partial charge in [-0.25, -0.2) is 4.39 Å². The second-order valence-electron chi connectivity index (χ2n) is 6.58. The molecule has 3 rings (SSSR count). The Balaban J connectivity index is 1.80. The van der Waals surface area contributed by atoms with Crippen molar-refractivity contribution in [3.05, 3.63) is 87.4 Å². The van der Waals surface area contributed by atoms with E-state index < -0.39 is 24.1 Å². The number of rotatable bonds is 7. The van der Waals surface area contributed by atoms with Gasteiger partial charge in [0.05, 0.1) is 11.3 Å². The zero-order valence-corrected chi connectivity index (χ0v) is 17.4. The highest BCUT2D eigenvalue weighted by Gasteiger charge is 2.31. The minimum atomic E-state index is -3.59. The fourth-order valence-electron chi connectivity index (χ4n) is 2.73. The number of anilines is 1. The van der Waals surface area contributed by atoms with Crippen molar-refractivity contribution in [2.75, 3.05) is 12.0 Å². The maximum absolute atomic E-state index is 13.6. The number of carbonyl (C=O) groups excluding carboxylic acids is 1. The Morgan fingerprint density at radius 1 is 1.03 bits per heavy atom. The lowest BCUT2D eigenvalue weighted by Crippen LogP contribution is -2.16. The lowest BCUT2D eigenvalue weighted by atomic mass is 10.1. The predicted octanol–water partition coefficient (Wildman–Crippen LogP) is 6.59. The molecule has 0 spiro atoms. The van der Waals surface area contributed by atoms with Gasteiger partial charge in [0, 0.05) is 15.6 Å². The Kier molecular flexibility index (Phi) is 6.97. The first-order chi connectivity index (χ1) is 14.7. The molecular weight excluding hydrogens is 454 g/mol. The molecule has 0 saturated carbocycles. The van der Waals surface area contributed by atoms with Gasteiger partial charge in [-0.15, -0.1) is 0 Å². The molecule has 0 radical (unpaired) electrons. The van der Waals surface area contributed by atoms with Gasteiger partial charge in [-0.3, -0.25) is 4.79 Å². The van der Waals surface area contributed by atoms with Crippen LogP contribution < -0.4 is 10.1 Å². The molecule has 4 nitrogen and oxygen atoms in total. The fourth-order valence-corrected chi connectivity index (χ4v) is 3.08. The molecule has 0 fully saturated rings. The van der Waals surface area contributed by atoms with E-state index in [0.717, 1.165) is 12.1 Å². The smallest absolute Gasteiger partial charge is 0.301 e. The van der Waals surface area contributed by atoms with Crippen LogP contribution in [0, 0.1) is 0 Å². The van der Waals surface area contributed by atoms with Crippen LogP contribution in [-0.4, -0.2) is 17.7 Å². The van der Waals surface area contributed by atoms with Crippen molar-refractivity contribution in [1.29, 1.82) is 0 Å². The van der Waals surface area contributed by atoms with Gasteiger partial charge in [-0.2, -0.15) is 8.78 Å². The molecule has 31 heavy (non-hydrogen) atoms. The van der Waals surface area contributed by atoms with Crippen molar-refractivity contribution >= 4 is 34.8 Å². The Bertz CT molecular complexity index is 1110. The van der Waals surface area contributed by atoms with Crippen molar-refractivity contribution in [1.82, 2.24) is 0 Å². The van der Waals surface area contributed by atoms with Crippen LogP contribution in [0.25, 0.3) is 0 Å². The van der Waals surface area contributed by atoms with Gasteiger partial charge in [0.15, 0.2) is 6.67 Å². The lowest BCUT2D eigenvalue weighted by Gasteiger charge is -2.16. The molecule has 0 aliphatic carbocycles. The third-order valence-corrected chi connectivity index (χ3v) is 4.77. The van der Waals surface area contributed by atoms with E-state index in [2.05, 4.69) is 5.32 Å². The van der Waals surface area contributed by atoms with Gasteiger partial charge in [0.1, 0.15) is 18.1 Å². The normalized spacial score (nSPS) is 11.3. The largest absolute Gasteiger partial charge is 0.507 e. The van der Waals surface area contributed by atoms with Crippen molar-refractivity contribution in [3.63, 3.8) is 0 Å². The first-order valence-electron chi connectivity index (χ1n) is 8.95. The van der Waals surface area contributed by atoms with E-state index in [1.807, 2.05) is 0 Å². The molecule has 0 saturated heterocycles. The van der Waals surface area contributed by atoms with Crippen LogP contribution in [0.2, 0.25) is 10.0 Å². The summed E-state index contributed by atoms with van der Waals surface area (Å²) in [6.45, 7) is -1.93. The minimum Gasteiger partial charge on any atom is -0.507 e. The van der Waals surface area contributed by atoms with E-state index >= 15 is 0 Å². The van der Waals surface area contributed by atoms with E-state index in [0.29, 0.717) is 10.6 Å². The lowest BCUT2D eigenvalue weighted by molar-refractivity contribution is -0.0281. The minimum absolute atomic E-state index is 0.0559. The molecule has 0 aliphatic rings. The average molecular weight is 470 g/mol. The number of carbonyl (C=O) groups is 1. The molecule has 1 amide bonds. The van der Waals surface area contributed by atoms with Crippen molar-refractivity contribution in [3.8, 4) is 11.5 Å². The molecule has 2 N–H and O–H groups in total. The predicted molar refractivity (Wildman–Crippen MR) is 113 cm³/mol. The van der Waals surface area contributed by atoms with Crippen LogP contribution in [0.4, 0.5) is 18.9 Å². The van der Waals surface area contributed by atoms with Crippen LogP contribution >= 0.6 is 23.2 Å². The molecule has 0 aliphatic heterocycles. The van der Waals surface area contributed by atoms with Crippen molar-refractivity contribution in [2.24, 2.45) is 0 Å². The quantitative estimate of drug-likeness (QED) is 0.410. The van der Waals surface area contributed by atoms with Crippen LogP contribution in [0.5, 0.6) is 11.5 Å². The number of aromatic hydroxyl groups is 1. The standard InChI is InChI=1S/C22H16Cl2F3NO3/c23-15-4-6-19(29)17(9-15)21(30)28-18-10-16(24)5-7-20(18)31-11-13-2-1-3-14(8-13)22(26,27)12-25/h1-10,29H,11-12H2,(H,28,30). The Morgan fingerprint density at radius 2 is 1.74 bits per heavy atom. The van der Waals surface area contributed by atoms with Gasteiger partial charge in [-0.1, -0.05) is 41.4 Å². The highest BCUT2D eigenvalue weighted by molar-refractivity contribution is 6.31. The Morgan fingerprint density at radius 3 is 2.48 bits per heavy atom. The monoisotopic (exact) mass is 469 g/mol. The van der Waals surface area contributed by atoms with E-state index in [9.17, 15) is 23.1 Å². The van der Waals surface area contributed by atoms with Gasteiger partial charge in [0.2, 0.25) is 0 Å². The number of phenols is 1. The number of phenolic OH excluding ortho intramolecular Hbond substituents is 1. The number of benzene rings is 3. The molecule has 0 aromatic heterocycles. The van der Waals surface area contributed by atoms with Gasteiger partial charge in [0.25, 0.3) is 5.91 Å². The third kappa shape index (κ3) is 5.62. The maximum atomic E-state index is 13.6. The number of hydrogen-bond donors (Lipinski definition) is 2. The number of amides is 1. The van der Waals surface area contributed by atoms with E-state index in [-0.39, 0.29) is 34.4 Å². The van der Waals surface area contributed by atoms with Gasteiger partial charge < -0.3 is 15.2 Å². The third-order valence-electron chi connectivity index (χ3n) is 4.30. The molecule has 3 aromatic carbocycles.